The molecule has 0 spiro atoms. The van der Waals surface area contributed by atoms with Gasteiger partial charge in [-0.2, -0.15) is 0 Å². The number of nitrogens with one attached hydrogen (secondary N) is 3. The van der Waals surface area contributed by atoms with Crippen LogP contribution in [0.5, 0.6) is 0 Å². The first-order chi connectivity index (χ1) is 12.5. The Kier molecular flexibility index (Phi) is 10.0. The van der Waals surface area contributed by atoms with Crippen molar-refractivity contribution < 1.29 is 9.53 Å². The number of morpholine rings is 1. The van der Waals surface area contributed by atoms with Gasteiger partial charge in [0.05, 0.1) is 13.2 Å². The van der Waals surface area contributed by atoms with Crippen LogP contribution in [0.4, 0.5) is 0 Å². The lowest BCUT2D eigenvalue weighted by molar-refractivity contribution is -0.00834. The van der Waals surface area contributed by atoms with Gasteiger partial charge in [-0.25, -0.2) is 0 Å². The van der Waals surface area contributed by atoms with Gasteiger partial charge in [0.15, 0.2) is 5.96 Å². The number of carbonyl (C=O) groups excluding carboxylic acids is 1. The first-order valence-corrected chi connectivity index (χ1v) is 9.04. The molecule has 0 aliphatic carbocycles. The number of amides is 1. The number of nitrogens with zero attached hydrogens (tertiary/aromatic N) is 2. The standard InChI is InChI=1S/C19H31N5O2.HI/c1-19(2,24-9-11-26-12-10-24)14-23-18(21-4)22-13-15-5-7-16(8-6-15)17(25)20-3;/h5-8H,9-14H2,1-4H3,(H,20,25)(H2,21,22,23);1H. The topological polar surface area (TPSA) is 78.0 Å². The first-order valence-electron chi connectivity index (χ1n) is 9.04. The van der Waals surface area contributed by atoms with Crippen LogP contribution in [0.2, 0.25) is 0 Å². The quantitative estimate of drug-likeness (QED) is 0.320. The molecule has 152 valence electrons. The summed E-state index contributed by atoms with van der Waals surface area (Å²) in [4.78, 5) is 18.3. The molecule has 1 saturated heterocycles. The summed E-state index contributed by atoms with van der Waals surface area (Å²) >= 11 is 0. The molecule has 1 heterocycles. The molecule has 1 aromatic rings. The van der Waals surface area contributed by atoms with Crippen molar-refractivity contribution in [3.05, 3.63) is 35.4 Å². The summed E-state index contributed by atoms with van der Waals surface area (Å²) in [6.45, 7) is 9.40. The van der Waals surface area contributed by atoms with Gasteiger partial charge in [-0.1, -0.05) is 12.1 Å². The van der Waals surface area contributed by atoms with E-state index in [0.29, 0.717) is 12.1 Å². The summed E-state index contributed by atoms with van der Waals surface area (Å²) in [7, 11) is 3.40. The van der Waals surface area contributed by atoms with Crippen LogP contribution in [-0.2, 0) is 11.3 Å². The van der Waals surface area contributed by atoms with Crippen LogP contribution in [0, 0.1) is 0 Å². The minimum atomic E-state index is -0.0765. The van der Waals surface area contributed by atoms with E-state index < -0.39 is 0 Å². The van der Waals surface area contributed by atoms with Gasteiger partial charge in [0.25, 0.3) is 5.91 Å². The third-order valence-corrected chi connectivity index (χ3v) is 4.68. The van der Waals surface area contributed by atoms with Crippen molar-refractivity contribution in [1.82, 2.24) is 20.9 Å². The van der Waals surface area contributed by atoms with Crippen LogP contribution in [0.3, 0.4) is 0 Å². The third-order valence-electron chi connectivity index (χ3n) is 4.68. The lowest BCUT2D eigenvalue weighted by Gasteiger charge is -2.41. The maximum absolute atomic E-state index is 11.6. The lowest BCUT2D eigenvalue weighted by Crippen LogP contribution is -2.56. The van der Waals surface area contributed by atoms with Crippen LogP contribution in [0.25, 0.3) is 0 Å². The summed E-state index contributed by atoms with van der Waals surface area (Å²) < 4.78 is 5.44. The smallest absolute Gasteiger partial charge is 0.251 e. The fraction of sp³-hybridized carbons (Fsp3) is 0.579. The van der Waals surface area contributed by atoms with Crippen LogP contribution in [0.15, 0.2) is 29.3 Å². The molecule has 7 nitrogen and oxygen atoms in total. The molecule has 2 rings (SSSR count). The van der Waals surface area contributed by atoms with E-state index in [1.807, 2.05) is 24.3 Å². The van der Waals surface area contributed by atoms with E-state index >= 15 is 0 Å². The molecule has 8 heteroatoms. The number of hydrogen-bond donors (Lipinski definition) is 3. The number of rotatable bonds is 6. The molecule has 0 atom stereocenters. The molecule has 1 aliphatic rings. The van der Waals surface area contributed by atoms with Crippen LogP contribution >= 0.6 is 24.0 Å². The summed E-state index contributed by atoms with van der Waals surface area (Å²) in [6.07, 6.45) is 0. The number of hydrogen-bond acceptors (Lipinski definition) is 4. The maximum atomic E-state index is 11.6. The fourth-order valence-corrected chi connectivity index (χ4v) is 2.91. The number of halogens is 1. The zero-order chi connectivity index (χ0) is 19.0. The SMILES string of the molecule is CN=C(NCc1ccc(C(=O)NC)cc1)NCC(C)(C)N1CCOCC1.I. The molecular formula is C19H32IN5O2. The molecule has 0 saturated carbocycles. The number of ether oxygens (including phenoxy) is 1. The van der Waals surface area contributed by atoms with Gasteiger partial charge in [0.2, 0.25) is 0 Å². The van der Waals surface area contributed by atoms with Gasteiger partial charge < -0.3 is 20.7 Å². The highest BCUT2D eigenvalue weighted by atomic mass is 127. The van der Waals surface area contributed by atoms with Gasteiger partial charge >= 0.3 is 0 Å². The Morgan fingerprint density at radius 3 is 2.37 bits per heavy atom. The van der Waals surface area contributed by atoms with E-state index in [-0.39, 0.29) is 35.4 Å². The summed E-state index contributed by atoms with van der Waals surface area (Å²) in [5.74, 6) is 0.689. The van der Waals surface area contributed by atoms with Crippen molar-refractivity contribution in [3.63, 3.8) is 0 Å². The van der Waals surface area contributed by atoms with Gasteiger partial charge in [0, 0.05) is 51.4 Å². The predicted molar refractivity (Wildman–Crippen MR) is 120 cm³/mol. The van der Waals surface area contributed by atoms with Crippen LogP contribution in [0.1, 0.15) is 29.8 Å². The Bertz CT molecular complexity index is 613. The molecule has 0 aromatic heterocycles. The molecule has 27 heavy (non-hydrogen) atoms. The van der Waals surface area contributed by atoms with Gasteiger partial charge in [-0.15, -0.1) is 24.0 Å². The van der Waals surface area contributed by atoms with E-state index in [1.165, 1.54) is 0 Å². The largest absolute Gasteiger partial charge is 0.379 e. The van der Waals surface area contributed by atoms with Crippen LogP contribution in [-0.4, -0.2) is 69.2 Å². The highest BCUT2D eigenvalue weighted by Crippen LogP contribution is 2.15. The molecule has 1 fully saturated rings. The Balaban J connectivity index is 0.00000364. The second kappa shape index (κ2) is 11.5. The van der Waals surface area contributed by atoms with Crippen molar-refractivity contribution in [2.75, 3.05) is 46.9 Å². The number of guanidine groups is 1. The Hall–Kier alpha value is -1.39. The average Bonchev–Trinajstić information content (AvgIpc) is 2.68. The first kappa shape index (κ1) is 23.6. The summed E-state index contributed by atoms with van der Waals surface area (Å²) in [5, 5.41) is 9.35. The summed E-state index contributed by atoms with van der Waals surface area (Å²) in [5.41, 5.74) is 1.77. The second-order valence-electron chi connectivity index (χ2n) is 6.97. The zero-order valence-corrected chi connectivity index (χ0v) is 19.0. The Morgan fingerprint density at radius 1 is 1.19 bits per heavy atom. The maximum Gasteiger partial charge on any atom is 0.251 e. The number of aliphatic imine (C=N–C) groups is 1. The van der Waals surface area contributed by atoms with Gasteiger partial charge in [-0.3, -0.25) is 14.7 Å². The van der Waals surface area contributed by atoms with Crippen molar-refractivity contribution in [1.29, 1.82) is 0 Å². The van der Waals surface area contributed by atoms with Gasteiger partial charge in [0.1, 0.15) is 0 Å². The third kappa shape index (κ3) is 7.27. The van der Waals surface area contributed by atoms with E-state index in [2.05, 4.69) is 39.7 Å². The molecule has 1 amide bonds. The Labute approximate surface area is 179 Å². The highest BCUT2D eigenvalue weighted by molar-refractivity contribution is 14.0. The van der Waals surface area contributed by atoms with E-state index in [1.54, 1.807) is 14.1 Å². The van der Waals surface area contributed by atoms with Gasteiger partial charge in [-0.05, 0) is 31.5 Å². The van der Waals surface area contributed by atoms with E-state index in [0.717, 1.165) is 44.4 Å². The minimum absolute atomic E-state index is 0. The van der Waals surface area contributed by atoms with Crippen LogP contribution < -0.4 is 16.0 Å². The lowest BCUT2D eigenvalue weighted by atomic mass is 10.0. The molecule has 1 aliphatic heterocycles. The molecular weight excluding hydrogens is 457 g/mol. The monoisotopic (exact) mass is 489 g/mol. The molecule has 3 N–H and O–H groups in total. The Morgan fingerprint density at radius 2 is 1.81 bits per heavy atom. The highest BCUT2D eigenvalue weighted by Gasteiger charge is 2.28. The van der Waals surface area contributed by atoms with Crippen molar-refractivity contribution >= 4 is 35.8 Å². The molecule has 0 bridgehead atoms. The van der Waals surface area contributed by atoms with Crippen molar-refractivity contribution in [2.24, 2.45) is 4.99 Å². The van der Waals surface area contributed by atoms with E-state index in [4.69, 9.17) is 4.74 Å². The molecule has 1 aromatic carbocycles. The molecule has 0 unspecified atom stereocenters. The zero-order valence-electron chi connectivity index (χ0n) is 16.7. The predicted octanol–water partition coefficient (Wildman–Crippen LogP) is 1.44. The summed E-state index contributed by atoms with van der Waals surface area (Å²) in [6, 6.07) is 7.55. The van der Waals surface area contributed by atoms with Crippen molar-refractivity contribution in [2.45, 2.75) is 25.9 Å². The average molecular weight is 489 g/mol. The fourth-order valence-electron chi connectivity index (χ4n) is 2.91. The van der Waals surface area contributed by atoms with Crippen molar-refractivity contribution in [3.8, 4) is 0 Å². The molecule has 0 radical (unpaired) electrons. The normalized spacial score (nSPS) is 15.6. The second-order valence-corrected chi connectivity index (χ2v) is 6.97. The minimum Gasteiger partial charge on any atom is -0.379 e. The number of benzene rings is 1. The number of carbonyl (C=O) groups is 1. The van der Waals surface area contributed by atoms with E-state index in [9.17, 15) is 4.79 Å².